The quantitative estimate of drug-likeness (QED) is 0.632. The predicted octanol–water partition coefficient (Wildman–Crippen LogP) is 1.82. The van der Waals surface area contributed by atoms with Gasteiger partial charge in [0.25, 0.3) is 5.56 Å². The van der Waals surface area contributed by atoms with Crippen molar-refractivity contribution in [1.82, 2.24) is 8.87 Å². The summed E-state index contributed by atoms with van der Waals surface area (Å²) in [5.74, 6) is 0.584. The van der Waals surface area contributed by atoms with Crippen molar-refractivity contribution in [2.24, 2.45) is 0 Å². The normalized spacial score (nSPS) is 16.5. The van der Waals surface area contributed by atoms with Crippen LogP contribution < -0.4 is 10.3 Å². The molecule has 164 valence electrons. The molecule has 3 rings (SSSR count). The fourth-order valence-electron chi connectivity index (χ4n) is 3.41. The van der Waals surface area contributed by atoms with Crippen LogP contribution >= 0.6 is 0 Å². The molecule has 1 aromatic heterocycles. The number of benzene rings is 1. The van der Waals surface area contributed by atoms with Crippen LogP contribution in [-0.4, -0.2) is 56.9 Å². The van der Waals surface area contributed by atoms with Gasteiger partial charge in [-0.05, 0) is 49.6 Å². The van der Waals surface area contributed by atoms with Gasteiger partial charge in [0.15, 0.2) is 9.84 Å². The smallest absolute Gasteiger partial charge is 0.258 e. The second-order valence-electron chi connectivity index (χ2n) is 7.37. The topological polar surface area (TPSA) is 103 Å². The van der Waals surface area contributed by atoms with Crippen LogP contribution in [0.25, 0.3) is 5.69 Å². The van der Waals surface area contributed by atoms with Gasteiger partial charge in [0.2, 0.25) is 10.0 Å². The molecule has 0 bridgehead atoms. The number of sulfone groups is 1. The van der Waals surface area contributed by atoms with Gasteiger partial charge in [-0.15, -0.1) is 0 Å². The number of ether oxygens (including phenoxy) is 1. The van der Waals surface area contributed by atoms with E-state index < -0.39 is 19.9 Å². The van der Waals surface area contributed by atoms with Crippen molar-refractivity contribution in [2.45, 2.75) is 37.2 Å². The minimum atomic E-state index is -3.30. The zero-order valence-corrected chi connectivity index (χ0v) is 18.7. The summed E-state index contributed by atoms with van der Waals surface area (Å²) in [5, 5.41) is 0. The van der Waals surface area contributed by atoms with Crippen LogP contribution in [0.2, 0.25) is 0 Å². The Morgan fingerprint density at radius 3 is 2.20 bits per heavy atom. The van der Waals surface area contributed by atoms with Crippen LogP contribution in [-0.2, 0) is 19.9 Å². The summed E-state index contributed by atoms with van der Waals surface area (Å²) in [7, 11) is -6.50. The van der Waals surface area contributed by atoms with Gasteiger partial charge in [0.1, 0.15) is 11.9 Å². The Morgan fingerprint density at radius 2 is 1.67 bits per heavy atom. The Morgan fingerprint density at radius 1 is 1.03 bits per heavy atom. The Bertz CT molecular complexity index is 1150. The molecule has 1 aromatic carbocycles. The van der Waals surface area contributed by atoms with Crippen molar-refractivity contribution in [3.8, 4) is 11.4 Å². The van der Waals surface area contributed by atoms with Gasteiger partial charge in [0.05, 0.1) is 10.6 Å². The Kier molecular flexibility index (Phi) is 6.68. The molecule has 0 atom stereocenters. The van der Waals surface area contributed by atoms with Crippen molar-refractivity contribution in [1.29, 1.82) is 0 Å². The SMILES string of the molecule is CCCS(=O)(=O)N1CCC(Oc2ccn(-c3ccc(S(C)(=O)=O)cc3)c(=O)c2)CC1. The average molecular weight is 455 g/mol. The lowest BCUT2D eigenvalue weighted by Gasteiger charge is -2.31. The predicted molar refractivity (Wildman–Crippen MR) is 114 cm³/mol. The van der Waals surface area contributed by atoms with Gasteiger partial charge in [-0.1, -0.05) is 6.92 Å². The minimum Gasteiger partial charge on any atom is -0.490 e. The standard InChI is InChI=1S/C20H26N2O6S2/c1-3-14-30(26,27)21-11-8-17(9-12-21)28-18-10-13-22(20(23)15-18)16-4-6-19(7-5-16)29(2,24)25/h4-7,10,13,15,17H,3,8-9,11-12,14H2,1-2H3. The van der Waals surface area contributed by atoms with E-state index in [1.807, 2.05) is 6.92 Å². The van der Waals surface area contributed by atoms with Crippen LogP contribution in [0.15, 0.2) is 52.3 Å². The van der Waals surface area contributed by atoms with Crippen LogP contribution in [0, 0.1) is 0 Å². The van der Waals surface area contributed by atoms with Crippen LogP contribution in [0.3, 0.4) is 0 Å². The molecule has 0 N–H and O–H groups in total. The molecular weight excluding hydrogens is 428 g/mol. The molecule has 10 heteroatoms. The number of piperidine rings is 1. The Balaban J connectivity index is 1.66. The molecule has 8 nitrogen and oxygen atoms in total. The fourth-order valence-corrected chi connectivity index (χ4v) is 5.58. The lowest BCUT2D eigenvalue weighted by Crippen LogP contribution is -2.42. The number of pyridine rings is 1. The maximum atomic E-state index is 12.5. The van der Waals surface area contributed by atoms with E-state index in [0.717, 1.165) is 6.26 Å². The molecule has 30 heavy (non-hydrogen) atoms. The van der Waals surface area contributed by atoms with Crippen LogP contribution in [0.4, 0.5) is 0 Å². The van der Waals surface area contributed by atoms with Crippen molar-refractivity contribution in [2.75, 3.05) is 25.1 Å². The van der Waals surface area contributed by atoms with E-state index in [9.17, 15) is 21.6 Å². The molecule has 1 fully saturated rings. The summed E-state index contributed by atoms with van der Waals surface area (Å²) in [6.45, 7) is 2.67. The number of rotatable bonds is 7. The summed E-state index contributed by atoms with van der Waals surface area (Å²) >= 11 is 0. The maximum Gasteiger partial charge on any atom is 0.258 e. The molecule has 0 aliphatic carbocycles. The zero-order valence-electron chi connectivity index (χ0n) is 17.0. The molecule has 0 spiro atoms. The average Bonchev–Trinajstić information content (AvgIpc) is 2.68. The lowest BCUT2D eigenvalue weighted by atomic mass is 10.1. The first-order valence-electron chi connectivity index (χ1n) is 9.78. The number of sulfonamides is 1. The van der Waals surface area contributed by atoms with Crippen molar-refractivity contribution < 1.29 is 21.6 Å². The van der Waals surface area contributed by atoms with Gasteiger partial charge in [0, 0.05) is 37.3 Å². The Hall–Kier alpha value is -2.17. The third-order valence-corrected chi connectivity index (χ3v) is 8.20. The first kappa shape index (κ1) is 22.5. The monoisotopic (exact) mass is 454 g/mol. The van der Waals surface area contributed by atoms with Crippen LogP contribution in [0.1, 0.15) is 26.2 Å². The zero-order chi connectivity index (χ0) is 21.9. The molecular formula is C20H26N2O6S2. The molecule has 0 radical (unpaired) electrons. The lowest BCUT2D eigenvalue weighted by molar-refractivity contribution is 0.135. The molecule has 2 heterocycles. The number of nitrogens with zero attached hydrogens (tertiary/aromatic N) is 2. The van der Waals surface area contributed by atoms with Gasteiger partial charge < -0.3 is 4.74 Å². The highest BCUT2D eigenvalue weighted by molar-refractivity contribution is 7.90. The third-order valence-electron chi connectivity index (χ3n) is 4.99. The highest BCUT2D eigenvalue weighted by Gasteiger charge is 2.28. The van der Waals surface area contributed by atoms with Gasteiger partial charge in [-0.2, -0.15) is 0 Å². The van der Waals surface area contributed by atoms with E-state index in [1.54, 1.807) is 24.4 Å². The second kappa shape index (κ2) is 8.91. The molecule has 1 aliphatic heterocycles. The second-order valence-corrected chi connectivity index (χ2v) is 11.5. The van der Waals surface area contributed by atoms with Crippen molar-refractivity contribution >= 4 is 19.9 Å². The van der Waals surface area contributed by atoms with Gasteiger partial charge in [-0.25, -0.2) is 21.1 Å². The van der Waals surface area contributed by atoms with E-state index in [1.165, 1.54) is 27.1 Å². The molecule has 1 aliphatic rings. The van der Waals surface area contributed by atoms with Crippen LogP contribution in [0.5, 0.6) is 5.75 Å². The molecule has 2 aromatic rings. The van der Waals surface area contributed by atoms with E-state index >= 15 is 0 Å². The third kappa shape index (κ3) is 5.30. The Labute approximate surface area is 177 Å². The van der Waals surface area contributed by atoms with Crippen molar-refractivity contribution in [3.05, 3.63) is 52.9 Å². The summed E-state index contributed by atoms with van der Waals surface area (Å²) in [6, 6.07) is 9.12. The largest absolute Gasteiger partial charge is 0.490 e. The number of hydrogen-bond donors (Lipinski definition) is 0. The number of hydrogen-bond acceptors (Lipinski definition) is 6. The summed E-state index contributed by atoms with van der Waals surface area (Å²) < 4.78 is 56.2. The fraction of sp³-hybridized carbons (Fsp3) is 0.450. The first-order valence-corrected chi connectivity index (χ1v) is 13.3. The van der Waals surface area contributed by atoms with Gasteiger partial charge >= 0.3 is 0 Å². The summed E-state index contributed by atoms with van der Waals surface area (Å²) in [5.41, 5.74) is 0.246. The number of aromatic nitrogens is 1. The summed E-state index contributed by atoms with van der Waals surface area (Å²) in [4.78, 5) is 12.7. The maximum absolute atomic E-state index is 12.5. The van der Waals surface area contributed by atoms with Gasteiger partial charge in [-0.3, -0.25) is 9.36 Å². The highest BCUT2D eigenvalue weighted by atomic mass is 32.2. The molecule has 0 saturated carbocycles. The minimum absolute atomic E-state index is 0.151. The van der Waals surface area contributed by atoms with E-state index in [0.29, 0.717) is 43.8 Å². The highest BCUT2D eigenvalue weighted by Crippen LogP contribution is 2.21. The van der Waals surface area contributed by atoms with E-state index in [-0.39, 0.29) is 22.3 Å². The first-order chi connectivity index (χ1) is 14.1. The van der Waals surface area contributed by atoms with E-state index in [2.05, 4.69) is 0 Å². The molecule has 0 amide bonds. The molecule has 0 unspecified atom stereocenters. The van der Waals surface area contributed by atoms with Crippen molar-refractivity contribution in [3.63, 3.8) is 0 Å². The molecule has 1 saturated heterocycles. The summed E-state index contributed by atoms with van der Waals surface area (Å²) in [6.07, 6.45) is 4.28. The van der Waals surface area contributed by atoms with E-state index in [4.69, 9.17) is 4.74 Å².